The number of nitrogens with one attached hydrogen (secondary N) is 2. The van der Waals surface area contributed by atoms with Crippen LogP contribution < -0.4 is 10.7 Å². The van der Waals surface area contributed by atoms with Crippen LogP contribution >= 0.6 is 0 Å². The first-order chi connectivity index (χ1) is 11.1. The van der Waals surface area contributed by atoms with Gasteiger partial charge >= 0.3 is 0 Å². The Bertz CT molecular complexity index is 813. The van der Waals surface area contributed by atoms with Gasteiger partial charge in [-0.15, -0.1) is 0 Å². The molecule has 0 aliphatic carbocycles. The number of pyridine rings is 1. The van der Waals surface area contributed by atoms with Crippen LogP contribution in [0.4, 0.5) is 11.5 Å². The summed E-state index contributed by atoms with van der Waals surface area (Å²) in [7, 11) is 0. The maximum atomic E-state index is 12.0. The molecule has 0 saturated heterocycles. The van der Waals surface area contributed by atoms with Crippen molar-refractivity contribution in [3.8, 4) is 12.1 Å². The standard InChI is InChI=1S/C14H10N8O/c1-9-6-17-8-13(19-9)20-14(23)12-3-2-10(7-18-12)21-22-11(4-15)5-16/h2-3,6-8,21H,1H3,(H,19,20,23). The Labute approximate surface area is 131 Å². The van der Waals surface area contributed by atoms with Crippen LogP contribution in [0.2, 0.25) is 0 Å². The van der Waals surface area contributed by atoms with E-state index in [2.05, 4.69) is 30.8 Å². The lowest BCUT2D eigenvalue weighted by molar-refractivity contribution is 0.102. The zero-order valence-corrected chi connectivity index (χ0v) is 12.0. The fourth-order valence-electron chi connectivity index (χ4n) is 1.49. The van der Waals surface area contributed by atoms with Crippen LogP contribution in [0.3, 0.4) is 0 Å². The average molecular weight is 306 g/mol. The summed E-state index contributed by atoms with van der Waals surface area (Å²) in [6, 6.07) is 6.23. The normalized spacial score (nSPS) is 9.17. The molecule has 0 unspecified atom stereocenters. The molecule has 0 saturated carbocycles. The Balaban J connectivity index is 2.05. The average Bonchev–Trinajstić information content (AvgIpc) is 2.56. The highest BCUT2D eigenvalue weighted by atomic mass is 16.1. The molecule has 9 heteroatoms. The van der Waals surface area contributed by atoms with Gasteiger partial charge in [-0.1, -0.05) is 0 Å². The molecule has 2 aromatic rings. The summed E-state index contributed by atoms with van der Waals surface area (Å²) < 4.78 is 0. The van der Waals surface area contributed by atoms with E-state index in [4.69, 9.17) is 10.5 Å². The first kappa shape index (κ1) is 15.5. The molecule has 9 nitrogen and oxygen atoms in total. The number of carbonyl (C=O) groups excluding carboxylic acids is 1. The van der Waals surface area contributed by atoms with Gasteiger partial charge < -0.3 is 5.32 Å². The molecule has 112 valence electrons. The van der Waals surface area contributed by atoms with E-state index in [1.807, 2.05) is 0 Å². The number of nitriles is 2. The van der Waals surface area contributed by atoms with Gasteiger partial charge in [0.1, 0.15) is 17.8 Å². The molecule has 0 aliphatic rings. The van der Waals surface area contributed by atoms with Gasteiger partial charge in [0.2, 0.25) is 5.71 Å². The van der Waals surface area contributed by atoms with Crippen LogP contribution in [0, 0.1) is 29.6 Å². The summed E-state index contributed by atoms with van der Waals surface area (Å²) in [4.78, 5) is 24.0. The molecule has 0 aromatic carbocycles. The summed E-state index contributed by atoms with van der Waals surface area (Å²) in [5.74, 6) is -0.106. The number of hydrogen-bond acceptors (Lipinski definition) is 8. The van der Waals surface area contributed by atoms with E-state index in [1.165, 1.54) is 18.5 Å². The SMILES string of the molecule is Cc1cncc(NC(=O)c2ccc(NN=C(C#N)C#N)cn2)n1. The number of anilines is 2. The molecule has 0 bridgehead atoms. The number of hydrazone groups is 1. The summed E-state index contributed by atoms with van der Waals surface area (Å²) in [5.41, 5.74) is 3.46. The van der Waals surface area contributed by atoms with Crippen molar-refractivity contribution in [3.05, 3.63) is 42.1 Å². The van der Waals surface area contributed by atoms with Gasteiger partial charge in [-0.25, -0.2) is 9.97 Å². The molecule has 0 atom stereocenters. The highest BCUT2D eigenvalue weighted by molar-refractivity contribution is 6.10. The van der Waals surface area contributed by atoms with Crippen LogP contribution in [0.25, 0.3) is 0 Å². The smallest absolute Gasteiger partial charge is 0.275 e. The van der Waals surface area contributed by atoms with Crippen LogP contribution in [-0.2, 0) is 0 Å². The quantitative estimate of drug-likeness (QED) is 0.639. The fraction of sp³-hybridized carbons (Fsp3) is 0.0714. The molecular formula is C14H10N8O. The maximum absolute atomic E-state index is 12.0. The van der Waals surface area contributed by atoms with Gasteiger partial charge in [0, 0.05) is 6.20 Å². The molecule has 2 aromatic heterocycles. The molecule has 2 heterocycles. The van der Waals surface area contributed by atoms with Gasteiger partial charge in [0.05, 0.1) is 23.8 Å². The minimum absolute atomic E-state index is 0.170. The predicted octanol–water partition coefficient (Wildman–Crippen LogP) is 1.25. The van der Waals surface area contributed by atoms with Crippen LogP contribution in [-0.4, -0.2) is 26.6 Å². The van der Waals surface area contributed by atoms with Crippen molar-refractivity contribution in [2.75, 3.05) is 10.7 Å². The minimum Gasteiger partial charge on any atom is -0.304 e. The minimum atomic E-state index is -0.435. The van der Waals surface area contributed by atoms with Crippen molar-refractivity contribution in [1.82, 2.24) is 15.0 Å². The Morgan fingerprint density at radius 1 is 1.22 bits per heavy atom. The van der Waals surface area contributed by atoms with Crippen molar-refractivity contribution in [1.29, 1.82) is 10.5 Å². The van der Waals surface area contributed by atoms with Crippen molar-refractivity contribution in [2.45, 2.75) is 6.92 Å². The molecular weight excluding hydrogens is 296 g/mol. The number of rotatable bonds is 4. The van der Waals surface area contributed by atoms with Crippen LogP contribution in [0.5, 0.6) is 0 Å². The second-order valence-electron chi connectivity index (χ2n) is 4.23. The highest BCUT2D eigenvalue weighted by Gasteiger charge is 2.08. The van der Waals surface area contributed by atoms with E-state index < -0.39 is 5.91 Å². The number of amides is 1. The summed E-state index contributed by atoms with van der Waals surface area (Å²) >= 11 is 0. The zero-order chi connectivity index (χ0) is 16.7. The number of carbonyl (C=O) groups is 1. The third kappa shape index (κ3) is 4.31. The van der Waals surface area contributed by atoms with E-state index in [0.717, 1.165) is 0 Å². The fourth-order valence-corrected chi connectivity index (χ4v) is 1.49. The second kappa shape index (κ2) is 7.24. The lowest BCUT2D eigenvalue weighted by atomic mass is 10.3. The van der Waals surface area contributed by atoms with Crippen LogP contribution in [0.15, 0.2) is 35.8 Å². The van der Waals surface area contributed by atoms with E-state index in [1.54, 1.807) is 31.3 Å². The molecule has 0 radical (unpaired) electrons. The van der Waals surface area contributed by atoms with Crippen molar-refractivity contribution < 1.29 is 4.79 Å². The Morgan fingerprint density at radius 3 is 2.61 bits per heavy atom. The summed E-state index contributed by atoms with van der Waals surface area (Å²) in [6.45, 7) is 1.76. The Morgan fingerprint density at radius 2 is 2.00 bits per heavy atom. The first-order valence-electron chi connectivity index (χ1n) is 6.32. The number of hydrogen-bond donors (Lipinski definition) is 2. The second-order valence-corrected chi connectivity index (χ2v) is 4.23. The third-order valence-electron chi connectivity index (χ3n) is 2.50. The summed E-state index contributed by atoms with van der Waals surface area (Å²) in [6.07, 6.45) is 4.36. The zero-order valence-electron chi connectivity index (χ0n) is 12.0. The van der Waals surface area contributed by atoms with Crippen molar-refractivity contribution >= 4 is 23.1 Å². The number of aromatic nitrogens is 3. The maximum Gasteiger partial charge on any atom is 0.275 e. The monoisotopic (exact) mass is 306 g/mol. The Hall–Kier alpha value is -3.85. The van der Waals surface area contributed by atoms with Crippen LogP contribution in [0.1, 0.15) is 16.2 Å². The number of nitrogens with zero attached hydrogens (tertiary/aromatic N) is 6. The van der Waals surface area contributed by atoms with Gasteiger partial charge in [0.25, 0.3) is 5.91 Å². The molecule has 1 amide bonds. The molecule has 0 fully saturated rings. The van der Waals surface area contributed by atoms with Crippen molar-refractivity contribution in [2.24, 2.45) is 5.10 Å². The van der Waals surface area contributed by atoms with E-state index in [0.29, 0.717) is 17.2 Å². The predicted molar refractivity (Wildman–Crippen MR) is 81.2 cm³/mol. The van der Waals surface area contributed by atoms with Gasteiger partial charge in [0.15, 0.2) is 5.82 Å². The Kier molecular flexibility index (Phi) is 4.89. The molecule has 0 aliphatic heterocycles. The molecule has 2 N–H and O–H groups in total. The number of aryl methyl sites for hydroxylation is 1. The highest BCUT2D eigenvalue weighted by Crippen LogP contribution is 2.08. The molecule has 2 rings (SSSR count). The topological polar surface area (TPSA) is 140 Å². The summed E-state index contributed by atoms with van der Waals surface area (Å²) in [5, 5.41) is 23.3. The van der Waals surface area contributed by atoms with Gasteiger partial charge in [-0.05, 0) is 19.1 Å². The van der Waals surface area contributed by atoms with Gasteiger partial charge in [-0.3, -0.25) is 15.2 Å². The largest absolute Gasteiger partial charge is 0.304 e. The molecule has 0 spiro atoms. The first-order valence-corrected chi connectivity index (χ1v) is 6.32. The van der Waals surface area contributed by atoms with E-state index in [-0.39, 0.29) is 11.4 Å². The third-order valence-corrected chi connectivity index (χ3v) is 2.50. The van der Waals surface area contributed by atoms with E-state index >= 15 is 0 Å². The van der Waals surface area contributed by atoms with Gasteiger partial charge in [-0.2, -0.15) is 15.6 Å². The lowest BCUT2D eigenvalue weighted by Crippen LogP contribution is -2.15. The lowest BCUT2D eigenvalue weighted by Gasteiger charge is -2.05. The van der Waals surface area contributed by atoms with Crippen molar-refractivity contribution in [3.63, 3.8) is 0 Å². The van der Waals surface area contributed by atoms with E-state index in [9.17, 15) is 4.79 Å². The molecule has 23 heavy (non-hydrogen) atoms.